The number of hydrogen-bond donors (Lipinski definition) is 1. The van der Waals surface area contributed by atoms with Gasteiger partial charge in [-0.1, -0.05) is 0 Å². The summed E-state index contributed by atoms with van der Waals surface area (Å²) in [6, 6.07) is -0.0844. The minimum absolute atomic E-state index is 0.0844. The normalized spacial score (nSPS) is 14.9. The van der Waals surface area contributed by atoms with Gasteiger partial charge in [0, 0.05) is 33.2 Å². The van der Waals surface area contributed by atoms with E-state index >= 15 is 0 Å². The molecule has 0 unspecified atom stereocenters. The van der Waals surface area contributed by atoms with Gasteiger partial charge < -0.3 is 15.1 Å². The van der Waals surface area contributed by atoms with Crippen LogP contribution in [0.2, 0.25) is 0 Å². The van der Waals surface area contributed by atoms with Crippen molar-refractivity contribution in [2.24, 2.45) is 0 Å². The van der Waals surface area contributed by atoms with Gasteiger partial charge in [0.25, 0.3) is 0 Å². The highest BCUT2D eigenvalue weighted by molar-refractivity contribution is 5.84. The minimum atomic E-state index is -0.120. The average molecular weight is 294 g/mol. The molecule has 21 heavy (non-hydrogen) atoms. The monoisotopic (exact) mass is 294 g/mol. The van der Waals surface area contributed by atoms with Gasteiger partial charge >= 0.3 is 6.03 Å². The van der Waals surface area contributed by atoms with Crippen LogP contribution in [0.5, 0.6) is 0 Å². The van der Waals surface area contributed by atoms with Crippen molar-refractivity contribution < 1.29 is 9.59 Å². The van der Waals surface area contributed by atoms with E-state index in [0.29, 0.717) is 19.6 Å². The van der Waals surface area contributed by atoms with Crippen molar-refractivity contribution in [3.05, 3.63) is 11.6 Å². The molecule has 0 atom stereocenters. The number of aryl methyl sites for hydroxylation is 3. The summed E-state index contributed by atoms with van der Waals surface area (Å²) in [5.41, 5.74) is 0. The summed E-state index contributed by atoms with van der Waals surface area (Å²) in [6.07, 6.45) is 0.781. The predicted molar refractivity (Wildman–Crippen MR) is 76.7 cm³/mol. The van der Waals surface area contributed by atoms with Gasteiger partial charge in [-0.2, -0.15) is 5.10 Å². The second kappa shape index (κ2) is 6.55. The van der Waals surface area contributed by atoms with Crippen molar-refractivity contribution in [1.29, 1.82) is 0 Å². The van der Waals surface area contributed by atoms with E-state index in [9.17, 15) is 9.59 Å². The summed E-state index contributed by atoms with van der Waals surface area (Å²) in [4.78, 5) is 30.8. The van der Waals surface area contributed by atoms with Crippen LogP contribution < -0.4 is 5.32 Å². The molecule has 0 aromatic carbocycles. The van der Waals surface area contributed by atoms with Gasteiger partial charge in [0.2, 0.25) is 5.91 Å². The van der Waals surface area contributed by atoms with Crippen LogP contribution in [-0.4, -0.2) is 69.7 Å². The largest absolute Gasteiger partial charge is 0.354 e. The van der Waals surface area contributed by atoms with E-state index in [1.165, 1.54) is 0 Å². The Kier molecular flexibility index (Phi) is 4.77. The highest BCUT2D eigenvalue weighted by Gasteiger charge is 2.26. The van der Waals surface area contributed by atoms with Crippen molar-refractivity contribution in [3.63, 3.8) is 0 Å². The van der Waals surface area contributed by atoms with Crippen molar-refractivity contribution in [3.8, 4) is 0 Å². The van der Waals surface area contributed by atoms with E-state index in [1.54, 1.807) is 16.8 Å². The number of rotatable bonds is 6. The third kappa shape index (κ3) is 3.93. The Bertz CT molecular complexity index is 527. The average Bonchev–Trinajstić information content (AvgIpc) is 2.91. The van der Waals surface area contributed by atoms with Gasteiger partial charge in [-0.3, -0.25) is 9.48 Å². The summed E-state index contributed by atoms with van der Waals surface area (Å²) in [5, 5.41) is 7.09. The number of aromatic nitrogens is 3. The standard InChI is InChI=1S/C13H22N6O2/c1-10-15-11(2)19(16-10)6-4-5-14-12(20)9-18-8-7-17(3)13(18)21/h4-9H2,1-3H3,(H,14,20). The van der Waals surface area contributed by atoms with Crippen molar-refractivity contribution in [2.45, 2.75) is 26.8 Å². The van der Waals surface area contributed by atoms with Crippen LogP contribution in [-0.2, 0) is 11.3 Å². The molecule has 0 spiro atoms. The Hall–Kier alpha value is -2.12. The van der Waals surface area contributed by atoms with E-state index in [-0.39, 0.29) is 18.5 Å². The highest BCUT2D eigenvalue weighted by Crippen LogP contribution is 2.04. The fourth-order valence-electron chi connectivity index (χ4n) is 2.31. The third-order valence-corrected chi connectivity index (χ3v) is 3.47. The van der Waals surface area contributed by atoms with Crippen LogP contribution in [0.4, 0.5) is 4.79 Å². The van der Waals surface area contributed by atoms with Gasteiger partial charge in [-0.15, -0.1) is 0 Å². The summed E-state index contributed by atoms with van der Waals surface area (Å²) < 4.78 is 1.83. The number of hydrogen-bond acceptors (Lipinski definition) is 4. The molecule has 0 saturated carbocycles. The first-order valence-corrected chi connectivity index (χ1v) is 7.12. The van der Waals surface area contributed by atoms with Crippen molar-refractivity contribution in [2.75, 3.05) is 33.2 Å². The zero-order chi connectivity index (χ0) is 15.4. The van der Waals surface area contributed by atoms with Crippen LogP contribution in [0, 0.1) is 13.8 Å². The third-order valence-electron chi connectivity index (χ3n) is 3.47. The molecule has 1 N–H and O–H groups in total. The zero-order valence-corrected chi connectivity index (χ0v) is 12.8. The molecule has 1 aromatic heterocycles. The van der Waals surface area contributed by atoms with Crippen LogP contribution >= 0.6 is 0 Å². The maximum absolute atomic E-state index is 11.8. The summed E-state index contributed by atoms with van der Waals surface area (Å²) in [7, 11) is 1.74. The first kappa shape index (κ1) is 15.3. The molecule has 0 radical (unpaired) electrons. The molecular formula is C13H22N6O2. The lowest BCUT2D eigenvalue weighted by molar-refractivity contribution is -0.121. The lowest BCUT2D eigenvalue weighted by Gasteiger charge is -2.15. The molecule has 0 bridgehead atoms. The fraction of sp³-hybridized carbons (Fsp3) is 0.692. The van der Waals surface area contributed by atoms with E-state index in [0.717, 1.165) is 24.6 Å². The number of nitrogens with zero attached hydrogens (tertiary/aromatic N) is 5. The number of nitrogens with one attached hydrogen (secondary N) is 1. The van der Waals surface area contributed by atoms with E-state index in [2.05, 4.69) is 15.4 Å². The second-order valence-corrected chi connectivity index (χ2v) is 5.26. The fourth-order valence-corrected chi connectivity index (χ4v) is 2.31. The molecule has 116 valence electrons. The molecule has 1 saturated heterocycles. The minimum Gasteiger partial charge on any atom is -0.354 e. The topological polar surface area (TPSA) is 83.4 Å². The molecule has 2 heterocycles. The van der Waals surface area contributed by atoms with Crippen LogP contribution in [0.15, 0.2) is 0 Å². The predicted octanol–water partition coefficient (Wildman–Crippen LogP) is -0.231. The molecule has 1 fully saturated rings. The molecule has 1 aromatic rings. The first-order chi connectivity index (χ1) is 9.97. The molecule has 8 heteroatoms. The number of carbonyl (C=O) groups is 2. The van der Waals surface area contributed by atoms with Crippen LogP contribution in [0.25, 0.3) is 0 Å². The Morgan fingerprint density at radius 2 is 2.10 bits per heavy atom. The maximum Gasteiger partial charge on any atom is 0.320 e. The summed E-state index contributed by atoms with van der Waals surface area (Å²) in [6.45, 7) is 6.47. The van der Waals surface area contributed by atoms with Crippen LogP contribution in [0.3, 0.4) is 0 Å². The smallest absolute Gasteiger partial charge is 0.320 e. The van der Waals surface area contributed by atoms with E-state index in [1.807, 2.05) is 18.5 Å². The SMILES string of the molecule is Cc1nc(C)n(CCCNC(=O)CN2CCN(C)C2=O)n1. The zero-order valence-electron chi connectivity index (χ0n) is 12.8. The number of likely N-dealkylation sites (N-methyl/N-ethyl adjacent to an activating group) is 1. The Labute approximate surface area is 124 Å². The van der Waals surface area contributed by atoms with Crippen LogP contribution in [0.1, 0.15) is 18.1 Å². The van der Waals surface area contributed by atoms with Gasteiger partial charge in [0.15, 0.2) is 0 Å². The van der Waals surface area contributed by atoms with Crippen molar-refractivity contribution >= 4 is 11.9 Å². The molecule has 0 aliphatic carbocycles. The lowest BCUT2D eigenvalue weighted by Crippen LogP contribution is -2.39. The number of urea groups is 1. The van der Waals surface area contributed by atoms with Gasteiger partial charge in [-0.05, 0) is 20.3 Å². The molecule has 2 rings (SSSR count). The van der Waals surface area contributed by atoms with Gasteiger partial charge in [0.05, 0.1) is 0 Å². The number of carbonyl (C=O) groups excluding carboxylic acids is 2. The lowest BCUT2D eigenvalue weighted by atomic mass is 10.4. The molecule has 8 nitrogen and oxygen atoms in total. The first-order valence-electron chi connectivity index (χ1n) is 7.12. The number of amides is 3. The van der Waals surface area contributed by atoms with E-state index in [4.69, 9.17) is 0 Å². The van der Waals surface area contributed by atoms with E-state index < -0.39 is 0 Å². The Balaban J connectivity index is 1.66. The van der Waals surface area contributed by atoms with Crippen molar-refractivity contribution in [1.82, 2.24) is 29.9 Å². The van der Waals surface area contributed by atoms with Gasteiger partial charge in [0.1, 0.15) is 18.2 Å². The highest BCUT2D eigenvalue weighted by atomic mass is 16.2. The summed E-state index contributed by atoms with van der Waals surface area (Å²) in [5.74, 6) is 1.52. The molecular weight excluding hydrogens is 272 g/mol. The Morgan fingerprint density at radius 1 is 1.33 bits per heavy atom. The second-order valence-electron chi connectivity index (χ2n) is 5.26. The Morgan fingerprint density at radius 3 is 2.67 bits per heavy atom. The van der Waals surface area contributed by atoms with Gasteiger partial charge in [-0.25, -0.2) is 9.78 Å². The quantitative estimate of drug-likeness (QED) is 0.735. The summed E-state index contributed by atoms with van der Waals surface area (Å²) >= 11 is 0. The molecule has 3 amide bonds. The molecule has 1 aliphatic heterocycles. The maximum atomic E-state index is 11.8. The molecule has 1 aliphatic rings.